The van der Waals surface area contributed by atoms with E-state index >= 15 is 0 Å². The topological polar surface area (TPSA) is 75.9 Å². The lowest BCUT2D eigenvalue weighted by Crippen LogP contribution is -2.12. The van der Waals surface area contributed by atoms with E-state index in [0.717, 1.165) is 0 Å². The van der Waals surface area contributed by atoms with Crippen molar-refractivity contribution in [1.29, 1.82) is 0 Å². The lowest BCUT2D eigenvalue weighted by atomic mass is 10.2. The maximum atomic E-state index is 13.9. The molecule has 7 heteroatoms. The number of benzene rings is 1. The molecule has 0 aliphatic rings. The van der Waals surface area contributed by atoms with Crippen LogP contribution in [0, 0.1) is 5.82 Å². The molecule has 0 aliphatic heterocycles. The predicted molar refractivity (Wildman–Crippen MR) is 78.6 cm³/mol. The van der Waals surface area contributed by atoms with E-state index in [9.17, 15) is 4.39 Å². The van der Waals surface area contributed by atoms with Crippen molar-refractivity contribution in [1.82, 2.24) is 9.97 Å². The van der Waals surface area contributed by atoms with Crippen LogP contribution in [0.4, 0.5) is 21.7 Å². The molecule has 0 fully saturated rings. The third-order valence-electron chi connectivity index (χ3n) is 2.62. The maximum absolute atomic E-state index is 13.9. The second-order valence-corrected chi connectivity index (χ2v) is 4.93. The molecule has 5 nitrogen and oxygen atoms in total. The number of nitrogen functional groups attached to an aromatic ring is 1. The van der Waals surface area contributed by atoms with E-state index in [-0.39, 0.29) is 16.6 Å². The van der Waals surface area contributed by atoms with E-state index in [1.807, 2.05) is 13.8 Å². The standard InChI is InChI=1S/C13H15ClFN5/c1-7(2)13-18-10(6-11(19-13)20-16)17-9-5-3-4-8(14)12(9)15/h3-7H,16H2,1-2H3,(H2,17,18,19,20). The lowest BCUT2D eigenvalue weighted by Gasteiger charge is -2.12. The van der Waals surface area contributed by atoms with E-state index in [4.69, 9.17) is 17.4 Å². The highest BCUT2D eigenvalue weighted by Gasteiger charge is 2.10. The van der Waals surface area contributed by atoms with Gasteiger partial charge in [0.1, 0.15) is 17.5 Å². The molecule has 0 bridgehead atoms. The Balaban J connectivity index is 2.37. The molecule has 0 unspecified atom stereocenters. The number of anilines is 3. The van der Waals surface area contributed by atoms with Gasteiger partial charge in [0.25, 0.3) is 0 Å². The van der Waals surface area contributed by atoms with Crippen LogP contribution in [-0.2, 0) is 0 Å². The van der Waals surface area contributed by atoms with Gasteiger partial charge in [0.2, 0.25) is 0 Å². The number of hydrogen-bond acceptors (Lipinski definition) is 5. The van der Waals surface area contributed by atoms with E-state index < -0.39 is 5.82 Å². The van der Waals surface area contributed by atoms with Crippen LogP contribution in [0.25, 0.3) is 0 Å². The highest BCUT2D eigenvalue weighted by Crippen LogP contribution is 2.26. The number of nitrogens with zero attached hydrogens (tertiary/aromatic N) is 2. The van der Waals surface area contributed by atoms with Gasteiger partial charge in [0, 0.05) is 12.0 Å². The molecule has 0 aliphatic carbocycles. The molecule has 0 saturated carbocycles. The minimum atomic E-state index is -0.527. The minimum Gasteiger partial charge on any atom is -0.338 e. The van der Waals surface area contributed by atoms with Crippen LogP contribution >= 0.6 is 11.6 Å². The molecule has 0 saturated heterocycles. The Morgan fingerprint density at radius 2 is 1.95 bits per heavy atom. The molecule has 1 aromatic heterocycles. The van der Waals surface area contributed by atoms with Gasteiger partial charge in [-0.25, -0.2) is 20.2 Å². The number of halogens is 2. The first-order valence-electron chi connectivity index (χ1n) is 6.08. The SMILES string of the molecule is CC(C)c1nc(NN)cc(Nc2cccc(Cl)c2F)n1. The lowest BCUT2D eigenvalue weighted by molar-refractivity contribution is 0.632. The molecule has 0 radical (unpaired) electrons. The van der Waals surface area contributed by atoms with Crippen molar-refractivity contribution in [2.24, 2.45) is 5.84 Å². The van der Waals surface area contributed by atoms with Crippen molar-refractivity contribution in [2.45, 2.75) is 19.8 Å². The molecule has 0 amide bonds. The molecule has 0 spiro atoms. The normalized spacial score (nSPS) is 10.7. The van der Waals surface area contributed by atoms with Crippen molar-refractivity contribution in [2.75, 3.05) is 10.7 Å². The van der Waals surface area contributed by atoms with Crippen LogP contribution < -0.4 is 16.6 Å². The first kappa shape index (κ1) is 14.5. The summed E-state index contributed by atoms with van der Waals surface area (Å²) in [5.41, 5.74) is 2.71. The summed E-state index contributed by atoms with van der Waals surface area (Å²) in [6.07, 6.45) is 0. The molecular formula is C13H15ClFN5. The number of rotatable bonds is 4. The molecule has 106 valence electrons. The fraction of sp³-hybridized carbons (Fsp3) is 0.231. The van der Waals surface area contributed by atoms with E-state index in [1.165, 1.54) is 6.07 Å². The average molecular weight is 296 g/mol. The van der Waals surface area contributed by atoms with Crippen molar-refractivity contribution in [3.05, 3.63) is 40.9 Å². The van der Waals surface area contributed by atoms with Gasteiger partial charge in [-0.05, 0) is 12.1 Å². The monoisotopic (exact) mass is 295 g/mol. The summed E-state index contributed by atoms with van der Waals surface area (Å²) in [6, 6.07) is 6.30. The Bertz CT molecular complexity index is 618. The molecule has 20 heavy (non-hydrogen) atoms. The largest absolute Gasteiger partial charge is 0.338 e. The van der Waals surface area contributed by atoms with Gasteiger partial charge in [-0.15, -0.1) is 0 Å². The van der Waals surface area contributed by atoms with Crippen LogP contribution in [0.3, 0.4) is 0 Å². The Hall–Kier alpha value is -1.92. The maximum Gasteiger partial charge on any atom is 0.165 e. The van der Waals surface area contributed by atoms with Gasteiger partial charge >= 0.3 is 0 Å². The summed E-state index contributed by atoms with van der Waals surface area (Å²) in [5.74, 6) is 6.46. The average Bonchev–Trinajstić information content (AvgIpc) is 2.43. The number of hydrazine groups is 1. The first-order valence-corrected chi connectivity index (χ1v) is 6.45. The zero-order valence-electron chi connectivity index (χ0n) is 11.1. The highest BCUT2D eigenvalue weighted by molar-refractivity contribution is 6.31. The first-order chi connectivity index (χ1) is 9.51. The molecule has 1 aromatic carbocycles. The van der Waals surface area contributed by atoms with Gasteiger partial charge in [-0.1, -0.05) is 31.5 Å². The Morgan fingerprint density at radius 1 is 1.25 bits per heavy atom. The van der Waals surface area contributed by atoms with Crippen molar-refractivity contribution in [3.8, 4) is 0 Å². The summed E-state index contributed by atoms with van der Waals surface area (Å²) >= 11 is 5.74. The molecule has 2 aromatic rings. The minimum absolute atomic E-state index is 0.0466. The van der Waals surface area contributed by atoms with Crippen LogP contribution in [0.2, 0.25) is 5.02 Å². The van der Waals surface area contributed by atoms with Gasteiger partial charge < -0.3 is 10.7 Å². The van der Waals surface area contributed by atoms with E-state index in [1.54, 1.807) is 18.2 Å². The summed E-state index contributed by atoms with van der Waals surface area (Å²) in [4.78, 5) is 8.55. The summed E-state index contributed by atoms with van der Waals surface area (Å²) < 4.78 is 13.9. The Kier molecular flexibility index (Phi) is 4.36. The third-order valence-corrected chi connectivity index (χ3v) is 2.91. The Morgan fingerprint density at radius 3 is 2.60 bits per heavy atom. The van der Waals surface area contributed by atoms with Crippen LogP contribution in [-0.4, -0.2) is 9.97 Å². The Labute approximate surface area is 121 Å². The summed E-state index contributed by atoms with van der Waals surface area (Å²) in [6.45, 7) is 3.92. The number of nitrogens with two attached hydrogens (primary N) is 1. The van der Waals surface area contributed by atoms with Crippen molar-refractivity contribution >= 4 is 28.9 Å². The van der Waals surface area contributed by atoms with E-state index in [2.05, 4.69) is 20.7 Å². The zero-order chi connectivity index (χ0) is 14.7. The van der Waals surface area contributed by atoms with Crippen molar-refractivity contribution in [3.63, 3.8) is 0 Å². The number of hydrogen-bond donors (Lipinski definition) is 3. The molecular weight excluding hydrogens is 281 g/mol. The van der Waals surface area contributed by atoms with Gasteiger partial charge in [0.15, 0.2) is 5.82 Å². The van der Waals surface area contributed by atoms with Crippen LogP contribution in [0.1, 0.15) is 25.6 Å². The van der Waals surface area contributed by atoms with Gasteiger partial charge in [-0.3, -0.25) is 0 Å². The quantitative estimate of drug-likeness (QED) is 0.595. The molecule has 0 atom stereocenters. The third kappa shape index (κ3) is 3.15. The predicted octanol–water partition coefficient (Wildman–Crippen LogP) is 3.42. The second kappa shape index (κ2) is 6.02. The number of nitrogens with one attached hydrogen (secondary N) is 2. The van der Waals surface area contributed by atoms with Crippen molar-refractivity contribution < 1.29 is 4.39 Å². The molecule has 2 rings (SSSR count). The number of aromatic nitrogens is 2. The second-order valence-electron chi connectivity index (χ2n) is 4.52. The van der Waals surface area contributed by atoms with Crippen LogP contribution in [0.5, 0.6) is 0 Å². The van der Waals surface area contributed by atoms with Crippen LogP contribution in [0.15, 0.2) is 24.3 Å². The highest BCUT2D eigenvalue weighted by atomic mass is 35.5. The summed E-state index contributed by atoms with van der Waals surface area (Å²) in [7, 11) is 0. The smallest absolute Gasteiger partial charge is 0.165 e. The fourth-order valence-electron chi connectivity index (χ4n) is 1.60. The zero-order valence-corrected chi connectivity index (χ0v) is 11.9. The van der Waals surface area contributed by atoms with Gasteiger partial charge in [0.05, 0.1) is 10.7 Å². The molecule has 4 N–H and O–H groups in total. The summed E-state index contributed by atoms with van der Waals surface area (Å²) in [5, 5.41) is 2.92. The van der Waals surface area contributed by atoms with Gasteiger partial charge in [-0.2, -0.15) is 0 Å². The molecule has 1 heterocycles. The van der Waals surface area contributed by atoms with E-state index in [0.29, 0.717) is 17.5 Å². The fourth-order valence-corrected chi connectivity index (χ4v) is 1.77.